The first-order valence-electron chi connectivity index (χ1n) is 16.4. The topological polar surface area (TPSA) is 330 Å². The van der Waals surface area contributed by atoms with Crippen LogP contribution in [0.1, 0.15) is 18.1 Å². The summed E-state index contributed by atoms with van der Waals surface area (Å²) in [5, 5.41) is 22.5. The number of hydrogen-bond donors (Lipinski definition) is 7. The number of phenols is 1. The van der Waals surface area contributed by atoms with Gasteiger partial charge in [-0.3, -0.25) is 28.4 Å². The van der Waals surface area contributed by atoms with Crippen molar-refractivity contribution in [3.05, 3.63) is 99.3 Å². The number of aromatic hydroxyl groups is 1. The second-order valence-corrected chi connectivity index (χ2v) is 18.9. The number of allylic oxidation sites excluding steroid dienone is 5. The molecular formula is C35H31N5O14S4. The quantitative estimate of drug-likeness (QED) is 0.0478. The fraction of sp³-hybridized carbons (Fsp3) is 0.143. The first-order valence-corrected chi connectivity index (χ1v) is 22.1. The summed E-state index contributed by atoms with van der Waals surface area (Å²) in [6.07, 6.45) is 3.09. The highest BCUT2D eigenvalue weighted by Gasteiger charge is 2.43. The van der Waals surface area contributed by atoms with Crippen molar-refractivity contribution in [3.8, 4) is 16.9 Å². The lowest BCUT2D eigenvalue weighted by molar-refractivity contribution is -0.116. The van der Waals surface area contributed by atoms with Gasteiger partial charge in [-0.2, -0.15) is 43.9 Å². The molecule has 0 amide bonds. The van der Waals surface area contributed by atoms with E-state index in [9.17, 15) is 61.8 Å². The Balaban J connectivity index is 1.29. The van der Waals surface area contributed by atoms with Gasteiger partial charge in [-0.25, -0.2) is 0 Å². The number of carbonyl (C=O) groups is 1. The molecule has 0 heterocycles. The first kappa shape index (κ1) is 42.0. The number of nitrogen functional groups attached to an aromatic ring is 1. The number of ketones is 1. The number of nitrogens with one attached hydrogen (secondary N) is 1. The second-order valence-electron chi connectivity index (χ2n) is 13.3. The molecule has 4 aromatic rings. The van der Waals surface area contributed by atoms with Gasteiger partial charge < -0.3 is 10.8 Å². The van der Waals surface area contributed by atoms with E-state index in [4.69, 9.17) is 5.73 Å². The predicted molar refractivity (Wildman–Crippen MR) is 211 cm³/mol. The summed E-state index contributed by atoms with van der Waals surface area (Å²) in [6, 6.07) is 12.4. The standard InChI is InChI=1S/C35H31N5O14S4/c1-16-8-19(4-6-26(16)37-39-32-28(57(49,50)51)13-21-11-23(55(43,44)45)10-18(3)30(21)34(32)41)20-5-7-27(17(2)9-20)38-40-33-29(58(52,53)54)14-22-12-24(56(46,47)48)15-25(36)31(22)35(33)42/h4-15,21,30,37,42H,36H2,1-3H3,(H,43,44,45)(H,46,47,48)(H,49,50,51)(H,52,53,54)/b39-32+,40-38?. The minimum atomic E-state index is -5.08. The molecule has 0 aliphatic heterocycles. The Morgan fingerprint density at radius 2 is 1.36 bits per heavy atom. The summed E-state index contributed by atoms with van der Waals surface area (Å²) in [7, 11) is -19.6. The molecule has 2 unspecified atom stereocenters. The average Bonchev–Trinajstić information content (AvgIpc) is 3.09. The van der Waals surface area contributed by atoms with E-state index in [2.05, 4.69) is 20.8 Å². The third kappa shape index (κ3) is 8.19. The number of phenolic OH excluding ortho intramolecular Hbond substituents is 1. The Morgan fingerprint density at radius 1 is 0.724 bits per heavy atom. The second kappa shape index (κ2) is 14.6. The maximum Gasteiger partial charge on any atom is 0.296 e. The molecule has 2 aliphatic rings. The largest absolute Gasteiger partial charge is 0.505 e. The van der Waals surface area contributed by atoms with E-state index in [-0.39, 0.29) is 27.7 Å². The molecule has 304 valence electrons. The van der Waals surface area contributed by atoms with Gasteiger partial charge >= 0.3 is 0 Å². The van der Waals surface area contributed by atoms with Crippen LogP contribution in [0.2, 0.25) is 0 Å². The van der Waals surface area contributed by atoms with Gasteiger partial charge in [-0.1, -0.05) is 29.9 Å². The number of anilines is 2. The Hall–Kier alpha value is -5.66. The number of fused-ring (bicyclic) bond motifs is 2. The van der Waals surface area contributed by atoms with Crippen LogP contribution in [0.3, 0.4) is 0 Å². The van der Waals surface area contributed by atoms with Crippen molar-refractivity contribution in [2.75, 3.05) is 11.2 Å². The van der Waals surface area contributed by atoms with E-state index in [1.165, 1.54) is 13.0 Å². The molecule has 19 nitrogen and oxygen atoms in total. The molecular weight excluding hydrogens is 843 g/mol. The normalized spacial score (nSPS) is 18.6. The number of nitrogens with zero attached hydrogens (tertiary/aromatic N) is 3. The Bertz CT molecular complexity index is 3120. The van der Waals surface area contributed by atoms with Crippen molar-refractivity contribution in [2.45, 2.75) is 30.6 Å². The van der Waals surface area contributed by atoms with Crippen molar-refractivity contribution < 1.29 is 61.8 Å². The number of rotatable bonds is 9. The lowest BCUT2D eigenvalue weighted by Gasteiger charge is -2.30. The first-order chi connectivity index (χ1) is 26.8. The maximum atomic E-state index is 13.5. The minimum Gasteiger partial charge on any atom is -0.505 e. The van der Waals surface area contributed by atoms with Crippen molar-refractivity contribution in [1.82, 2.24) is 0 Å². The average molecular weight is 874 g/mol. The molecule has 2 atom stereocenters. The number of hydrazone groups is 1. The van der Waals surface area contributed by atoms with Crippen molar-refractivity contribution in [3.63, 3.8) is 0 Å². The SMILES string of the molecule is CC1=CC(S(=O)(=O)O)=CC2C=C(S(=O)(=O)O)/C(=N\Nc3ccc(-c4ccc(N=Nc5c(S(=O)(=O)O)cc6cc(S(=O)(=O)O)cc(N)c6c5O)c(C)c4)cc3C)C(=O)C12. The zero-order valence-electron chi connectivity index (χ0n) is 30.0. The van der Waals surface area contributed by atoms with Crippen molar-refractivity contribution in [2.24, 2.45) is 27.2 Å². The van der Waals surface area contributed by atoms with E-state index >= 15 is 0 Å². The summed E-state index contributed by atoms with van der Waals surface area (Å²) in [4.78, 5) is 10.5. The molecule has 23 heteroatoms. The molecule has 0 radical (unpaired) electrons. The van der Waals surface area contributed by atoms with Crippen LogP contribution >= 0.6 is 0 Å². The number of carbonyl (C=O) groups excluding carboxylic acids is 1. The number of nitrogens with two attached hydrogens (primary N) is 1. The smallest absolute Gasteiger partial charge is 0.296 e. The highest BCUT2D eigenvalue weighted by molar-refractivity contribution is 7.91. The monoisotopic (exact) mass is 873 g/mol. The highest BCUT2D eigenvalue weighted by atomic mass is 32.2. The summed E-state index contributed by atoms with van der Waals surface area (Å²) in [6.45, 7) is 4.78. The molecule has 0 aromatic heterocycles. The van der Waals surface area contributed by atoms with E-state index in [0.717, 1.165) is 36.4 Å². The maximum absolute atomic E-state index is 13.5. The molecule has 8 N–H and O–H groups in total. The summed E-state index contributed by atoms with van der Waals surface area (Å²) in [5.41, 5.74) is 10.1. The zero-order chi connectivity index (χ0) is 42.9. The summed E-state index contributed by atoms with van der Waals surface area (Å²) >= 11 is 0. The van der Waals surface area contributed by atoms with E-state index in [1.807, 2.05) is 0 Å². The number of aryl methyl sites for hydroxylation is 2. The Labute approximate surface area is 331 Å². The third-order valence-corrected chi connectivity index (χ3v) is 12.7. The highest BCUT2D eigenvalue weighted by Crippen LogP contribution is 2.45. The van der Waals surface area contributed by atoms with Gasteiger partial charge in [0.25, 0.3) is 40.5 Å². The fourth-order valence-electron chi connectivity index (χ4n) is 6.55. The number of hydrogen-bond acceptors (Lipinski definition) is 15. The molecule has 0 saturated heterocycles. The summed E-state index contributed by atoms with van der Waals surface area (Å²) in [5.74, 6) is -3.84. The van der Waals surface area contributed by atoms with Crippen LogP contribution in [0.4, 0.5) is 22.7 Å². The van der Waals surface area contributed by atoms with Crippen LogP contribution in [-0.2, 0) is 45.3 Å². The molecule has 0 spiro atoms. The Kier molecular flexibility index (Phi) is 10.6. The molecule has 2 aliphatic carbocycles. The van der Waals surface area contributed by atoms with Gasteiger partial charge in [0.15, 0.2) is 11.5 Å². The van der Waals surface area contributed by atoms with E-state index in [1.54, 1.807) is 44.2 Å². The van der Waals surface area contributed by atoms with Crippen molar-refractivity contribution >= 4 is 85.5 Å². The molecule has 58 heavy (non-hydrogen) atoms. The molecule has 0 bridgehead atoms. The van der Waals surface area contributed by atoms with Gasteiger partial charge in [0.2, 0.25) is 0 Å². The van der Waals surface area contributed by atoms with Gasteiger partial charge in [-0.05, 0) is 97.0 Å². The summed E-state index contributed by atoms with van der Waals surface area (Å²) < 4.78 is 135. The lowest BCUT2D eigenvalue weighted by Crippen LogP contribution is -2.39. The number of azo groups is 1. The zero-order valence-corrected chi connectivity index (χ0v) is 33.3. The van der Waals surface area contributed by atoms with Crippen LogP contribution in [-0.4, -0.2) is 68.5 Å². The van der Waals surface area contributed by atoms with Crippen LogP contribution in [0.15, 0.2) is 113 Å². The van der Waals surface area contributed by atoms with Gasteiger partial charge in [0, 0.05) is 17.0 Å². The third-order valence-electron chi connectivity index (χ3n) is 9.30. The van der Waals surface area contributed by atoms with Crippen molar-refractivity contribution in [1.29, 1.82) is 0 Å². The van der Waals surface area contributed by atoms with Crippen LogP contribution in [0.25, 0.3) is 21.9 Å². The number of benzene rings is 4. The number of Topliss-reactive ketones (excluding diaryl/α,β-unsaturated/α-hetero) is 1. The lowest BCUT2D eigenvalue weighted by atomic mass is 9.75. The van der Waals surface area contributed by atoms with E-state index in [0.29, 0.717) is 27.9 Å². The minimum absolute atomic E-state index is 0.208. The van der Waals surface area contributed by atoms with Crippen LogP contribution in [0, 0.1) is 25.7 Å². The predicted octanol–water partition coefficient (Wildman–Crippen LogP) is 5.41. The molecule has 6 rings (SSSR count). The van der Waals surface area contributed by atoms with Crippen LogP contribution in [0.5, 0.6) is 5.75 Å². The molecule has 0 fully saturated rings. The molecule has 0 saturated carbocycles. The fourth-order valence-corrected chi connectivity index (χ4v) is 9.14. The van der Waals surface area contributed by atoms with E-state index < -0.39 is 94.8 Å². The molecule has 4 aromatic carbocycles. The van der Waals surface area contributed by atoms with Crippen LogP contribution < -0.4 is 11.2 Å². The van der Waals surface area contributed by atoms with Gasteiger partial charge in [0.1, 0.15) is 21.2 Å². The van der Waals surface area contributed by atoms with Gasteiger partial charge in [0.05, 0.1) is 27.1 Å². The Morgan fingerprint density at radius 3 is 1.93 bits per heavy atom. The van der Waals surface area contributed by atoms with Gasteiger partial charge in [-0.15, -0.1) is 5.11 Å².